The first-order chi connectivity index (χ1) is 17.1. The van der Waals surface area contributed by atoms with Gasteiger partial charge in [-0.05, 0) is 90.5 Å². The number of carbonyl (C=O) groups excluding carboxylic acids is 2. The van der Waals surface area contributed by atoms with Gasteiger partial charge < -0.3 is 30.1 Å². The standard InChI is InChI=1S/C27H40N6O3/c1-19-16-24(32-12-14-33(15-13-32)26(35)36-27(2,3)4)30-23-7-6-21(17-22(19)23)29-25(34)18-28-20-8-10-31(5)11-9-20/h6-7,16-17,20,28H,8-15,18H2,1-5H3,(H,29,34). The molecular weight excluding hydrogens is 456 g/mol. The molecule has 2 amide bonds. The monoisotopic (exact) mass is 496 g/mol. The molecule has 4 rings (SSSR count). The number of rotatable bonds is 5. The first kappa shape index (κ1) is 26.2. The molecule has 1 aromatic heterocycles. The Balaban J connectivity index is 1.34. The number of likely N-dealkylation sites (tertiary alicyclic amines) is 1. The molecule has 2 fully saturated rings. The van der Waals surface area contributed by atoms with E-state index in [2.05, 4.69) is 40.5 Å². The minimum absolute atomic E-state index is 0.0293. The number of anilines is 2. The van der Waals surface area contributed by atoms with Gasteiger partial charge in [-0.15, -0.1) is 0 Å². The Labute approximate surface area is 214 Å². The average molecular weight is 497 g/mol. The second kappa shape index (κ2) is 11.0. The second-order valence-corrected chi connectivity index (χ2v) is 11.0. The van der Waals surface area contributed by atoms with Gasteiger partial charge in [-0.25, -0.2) is 9.78 Å². The molecule has 0 bridgehead atoms. The summed E-state index contributed by atoms with van der Waals surface area (Å²) in [6, 6.07) is 8.35. The van der Waals surface area contributed by atoms with Crippen molar-refractivity contribution in [2.24, 2.45) is 0 Å². The van der Waals surface area contributed by atoms with Crippen molar-refractivity contribution in [2.45, 2.75) is 52.2 Å². The van der Waals surface area contributed by atoms with Crippen molar-refractivity contribution in [3.63, 3.8) is 0 Å². The van der Waals surface area contributed by atoms with E-state index in [-0.39, 0.29) is 12.0 Å². The third kappa shape index (κ3) is 6.85. The Morgan fingerprint density at radius 3 is 2.42 bits per heavy atom. The summed E-state index contributed by atoms with van der Waals surface area (Å²) in [5, 5.41) is 7.43. The van der Waals surface area contributed by atoms with E-state index < -0.39 is 5.60 Å². The Morgan fingerprint density at radius 1 is 1.06 bits per heavy atom. The predicted octanol–water partition coefficient (Wildman–Crippen LogP) is 3.22. The molecule has 9 nitrogen and oxygen atoms in total. The van der Waals surface area contributed by atoms with Crippen LogP contribution in [0.4, 0.5) is 16.3 Å². The van der Waals surface area contributed by atoms with Crippen LogP contribution in [0.3, 0.4) is 0 Å². The summed E-state index contributed by atoms with van der Waals surface area (Å²) in [4.78, 5) is 36.0. The zero-order chi connectivity index (χ0) is 25.9. The van der Waals surface area contributed by atoms with Crippen molar-refractivity contribution in [1.29, 1.82) is 0 Å². The number of fused-ring (bicyclic) bond motifs is 1. The van der Waals surface area contributed by atoms with Crippen LogP contribution in [0, 0.1) is 6.92 Å². The highest BCUT2D eigenvalue weighted by Crippen LogP contribution is 2.26. The molecule has 9 heteroatoms. The summed E-state index contributed by atoms with van der Waals surface area (Å²) < 4.78 is 5.50. The Kier molecular flexibility index (Phi) is 8.00. The molecular formula is C27H40N6O3. The van der Waals surface area contributed by atoms with Crippen LogP contribution in [0.5, 0.6) is 0 Å². The fraction of sp³-hybridized carbons (Fsp3) is 0.593. The summed E-state index contributed by atoms with van der Waals surface area (Å²) in [5.74, 6) is 0.876. The molecule has 196 valence electrons. The molecule has 2 aliphatic heterocycles. The number of nitrogens with one attached hydrogen (secondary N) is 2. The SMILES string of the molecule is Cc1cc(N2CCN(C(=O)OC(C)(C)C)CC2)nc2ccc(NC(=O)CNC3CCN(C)CC3)cc12. The Bertz CT molecular complexity index is 1080. The highest BCUT2D eigenvalue weighted by atomic mass is 16.6. The van der Waals surface area contributed by atoms with Crippen LogP contribution in [0.1, 0.15) is 39.2 Å². The molecule has 0 saturated carbocycles. The number of piperidine rings is 1. The highest BCUT2D eigenvalue weighted by molar-refractivity contribution is 5.95. The maximum atomic E-state index is 12.5. The predicted molar refractivity (Wildman–Crippen MR) is 144 cm³/mol. The molecule has 2 aromatic rings. The van der Waals surface area contributed by atoms with Gasteiger partial charge in [0.15, 0.2) is 0 Å². The number of aromatic nitrogens is 1. The largest absolute Gasteiger partial charge is 0.444 e. The summed E-state index contributed by atoms with van der Waals surface area (Å²) in [6.45, 7) is 12.8. The quantitative estimate of drug-likeness (QED) is 0.657. The van der Waals surface area contributed by atoms with Gasteiger partial charge in [0.2, 0.25) is 5.91 Å². The summed E-state index contributed by atoms with van der Waals surface area (Å²) >= 11 is 0. The van der Waals surface area contributed by atoms with E-state index in [0.717, 1.165) is 53.9 Å². The summed E-state index contributed by atoms with van der Waals surface area (Å²) in [5.41, 5.74) is 2.28. The average Bonchev–Trinajstić information content (AvgIpc) is 2.83. The summed E-state index contributed by atoms with van der Waals surface area (Å²) in [6.07, 6.45) is 1.88. The van der Waals surface area contributed by atoms with Crippen LogP contribution >= 0.6 is 0 Å². The number of aryl methyl sites for hydroxylation is 1. The van der Waals surface area contributed by atoms with Crippen LogP contribution in [0.15, 0.2) is 24.3 Å². The first-order valence-electron chi connectivity index (χ1n) is 12.9. The van der Waals surface area contributed by atoms with Gasteiger partial charge in [-0.3, -0.25) is 4.79 Å². The maximum Gasteiger partial charge on any atom is 0.410 e. The number of pyridine rings is 1. The van der Waals surface area contributed by atoms with E-state index in [0.29, 0.717) is 38.8 Å². The molecule has 2 saturated heterocycles. The normalized spacial score (nSPS) is 17.9. The number of benzene rings is 1. The summed E-state index contributed by atoms with van der Waals surface area (Å²) in [7, 11) is 2.13. The molecule has 2 N–H and O–H groups in total. The van der Waals surface area contributed by atoms with Crippen LogP contribution in [-0.2, 0) is 9.53 Å². The smallest absolute Gasteiger partial charge is 0.410 e. The van der Waals surface area contributed by atoms with E-state index in [9.17, 15) is 9.59 Å². The molecule has 1 aromatic carbocycles. The van der Waals surface area contributed by atoms with Crippen LogP contribution < -0.4 is 15.5 Å². The van der Waals surface area contributed by atoms with Crippen molar-refractivity contribution < 1.29 is 14.3 Å². The van der Waals surface area contributed by atoms with Gasteiger partial charge in [0, 0.05) is 43.3 Å². The van der Waals surface area contributed by atoms with E-state index >= 15 is 0 Å². The zero-order valence-electron chi connectivity index (χ0n) is 22.3. The number of piperazine rings is 1. The molecule has 3 heterocycles. The lowest BCUT2D eigenvalue weighted by molar-refractivity contribution is -0.115. The number of carbonyl (C=O) groups is 2. The lowest BCUT2D eigenvalue weighted by Gasteiger charge is -2.36. The number of hydrogen-bond acceptors (Lipinski definition) is 7. The van der Waals surface area contributed by atoms with E-state index in [1.807, 2.05) is 39.0 Å². The molecule has 0 unspecified atom stereocenters. The van der Waals surface area contributed by atoms with Crippen LogP contribution in [0.2, 0.25) is 0 Å². The lowest BCUT2D eigenvalue weighted by atomic mass is 10.1. The fourth-order valence-electron chi connectivity index (χ4n) is 4.72. The molecule has 0 spiro atoms. The van der Waals surface area contributed by atoms with Gasteiger partial charge in [0.25, 0.3) is 0 Å². The number of nitrogens with zero attached hydrogens (tertiary/aromatic N) is 4. The fourth-order valence-corrected chi connectivity index (χ4v) is 4.72. The van der Waals surface area contributed by atoms with Crippen molar-refractivity contribution in [3.8, 4) is 0 Å². The van der Waals surface area contributed by atoms with Gasteiger partial charge in [0.05, 0.1) is 12.1 Å². The molecule has 2 aliphatic rings. The van der Waals surface area contributed by atoms with E-state index in [4.69, 9.17) is 9.72 Å². The van der Waals surface area contributed by atoms with Crippen molar-refractivity contribution in [3.05, 3.63) is 29.8 Å². The molecule has 0 aliphatic carbocycles. The highest BCUT2D eigenvalue weighted by Gasteiger charge is 2.26. The minimum Gasteiger partial charge on any atom is -0.444 e. The third-order valence-electron chi connectivity index (χ3n) is 6.81. The Morgan fingerprint density at radius 2 is 1.75 bits per heavy atom. The second-order valence-electron chi connectivity index (χ2n) is 11.0. The maximum absolute atomic E-state index is 12.5. The molecule has 0 radical (unpaired) electrons. The van der Waals surface area contributed by atoms with E-state index in [1.165, 1.54) is 0 Å². The molecule has 36 heavy (non-hydrogen) atoms. The first-order valence-corrected chi connectivity index (χ1v) is 12.9. The third-order valence-corrected chi connectivity index (χ3v) is 6.81. The number of ether oxygens (including phenoxy) is 1. The number of hydrogen-bond donors (Lipinski definition) is 2. The lowest BCUT2D eigenvalue weighted by Crippen LogP contribution is -2.50. The Hall–Kier alpha value is -2.91. The van der Waals surface area contributed by atoms with Crippen molar-refractivity contribution >= 4 is 34.4 Å². The van der Waals surface area contributed by atoms with Gasteiger partial charge in [0.1, 0.15) is 11.4 Å². The topological polar surface area (TPSA) is 90.0 Å². The van der Waals surface area contributed by atoms with Crippen molar-refractivity contribution in [2.75, 3.05) is 63.1 Å². The van der Waals surface area contributed by atoms with Gasteiger partial charge in [-0.1, -0.05) is 0 Å². The zero-order valence-corrected chi connectivity index (χ0v) is 22.3. The van der Waals surface area contributed by atoms with E-state index in [1.54, 1.807) is 4.90 Å². The van der Waals surface area contributed by atoms with Crippen molar-refractivity contribution in [1.82, 2.24) is 20.1 Å². The molecule has 0 atom stereocenters. The minimum atomic E-state index is -0.493. The number of amides is 2. The van der Waals surface area contributed by atoms with Gasteiger partial charge in [-0.2, -0.15) is 0 Å². The van der Waals surface area contributed by atoms with Crippen LogP contribution in [0.25, 0.3) is 10.9 Å². The van der Waals surface area contributed by atoms with Crippen LogP contribution in [-0.4, -0.2) is 91.3 Å². The van der Waals surface area contributed by atoms with Gasteiger partial charge >= 0.3 is 6.09 Å².